The number of pyridine rings is 1. The van der Waals surface area contributed by atoms with Crippen molar-refractivity contribution in [1.82, 2.24) is 4.73 Å². The molecule has 60 valence electrons. The summed E-state index contributed by atoms with van der Waals surface area (Å²) < 4.78 is 5.13. The topological polar surface area (TPSA) is 77.5 Å². The van der Waals surface area contributed by atoms with E-state index in [9.17, 15) is 4.79 Å². The van der Waals surface area contributed by atoms with Crippen LogP contribution in [0.2, 0.25) is 0 Å². The molecular weight excluding hydrogens is 148 g/mol. The number of nitrogens with two attached hydrogens (primary N) is 1. The third-order valence-corrected chi connectivity index (χ3v) is 1.25. The summed E-state index contributed by atoms with van der Waals surface area (Å²) in [5.74, 6) is 0.264. The van der Waals surface area contributed by atoms with Gasteiger partial charge in [0.05, 0.1) is 25.1 Å². The number of hydrogen-bond acceptors (Lipinski definition) is 4. The van der Waals surface area contributed by atoms with E-state index in [0.717, 1.165) is 12.3 Å². The van der Waals surface area contributed by atoms with E-state index in [1.807, 2.05) is 0 Å². The smallest absolute Gasteiger partial charge is 0.286 e. The van der Waals surface area contributed by atoms with E-state index in [-0.39, 0.29) is 11.4 Å². The zero-order chi connectivity index (χ0) is 8.43. The average Bonchev–Trinajstić information content (AvgIpc) is 1.97. The molecule has 0 amide bonds. The Kier molecular flexibility index (Phi) is 1.72. The van der Waals surface area contributed by atoms with Crippen LogP contribution >= 0.6 is 0 Å². The van der Waals surface area contributed by atoms with Crippen molar-refractivity contribution in [2.75, 3.05) is 12.8 Å². The monoisotopic (exact) mass is 156 g/mol. The normalized spacial score (nSPS) is 9.55. The fraction of sp³-hybridized carbons (Fsp3) is 0.167. The highest BCUT2D eigenvalue weighted by atomic mass is 16.5. The predicted octanol–water partition coefficient (Wildman–Crippen LogP) is -0.324. The maximum Gasteiger partial charge on any atom is 0.286 e. The number of methoxy groups -OCH3 is 1. The van der Waals surface area contributed by atoms with Crippen LogP contribution in [0, 0.1) is 0 Å². The first kappa shape index (κ1) is 7.46. The van der Waals surface area contributed by atoms with Gasteiger partial charge in [-0.05, 0) is 0 Å². The minimum atomic E-state index is -0.573. The summed E-state index contributed by atoms with van der Waals surface area (Å²) in [5.41, 5.74) is 5.00. The van der Waals surface area contributed by atoms with E-state index in [2.05, 4.69) is 0 Å². The largest absolute Gasteiger partial charge is 0.494 e. The molecule has 1 aromatic rings. The summed E-state index contributed by atoms with van der Waals surface area (Å²) in [6, 6.07) is 1.11. The molecule has 5 nitrogen and oxygen atoms in total. The summed E-state index contributed by atoms with van der Waals surface area (Å²) in [4.78, 5) is 10.7. The van der Waals surface area contributed by atoms with Crippen molar-refractivity contribution in [2.45, 2.75) is 0 Å². The Morgan fingerprint density at radius 3 is 2.91 bits per heavy atom. The number of nitrogens with zero attached hydrogens (tertiary/aromatic N) is 1. The van der Waals surface area contributed by atoms with Crippen LogP contribution in [-0.2, 0) is 0 Å². The highest BCUT2D eigenvalue weighted by Gasteiger charge is 2.01. The lowest BCUT2D eigenvalue weighted by molar-refractivity contribution is 0.174. The lowest BCUT2D eigenvalue weighted by atomic mass is 10.4. The summed E-state index contributed by atoms with van der Waals surface area (Å²) >= 11 is 0. The van der Waals surface area contributed by atoms with Crippen LogP contribution in [0.15, 0.2) is 17.1 Å². The second-order valence-corrected chi connectivity index (χ2v) is 1.98. The van der Waals surface area contributed by atoms with Gasteiger partial charge in [0.15, 0.2) is 0 Å². The fourth-order valence-corrected chi connectivity index (χ4v) is 0.697. The molecule has 0 aliphatic carbocycles. The van der Waals surface area contributed by atoms with Crippen LogP contribution < -0.4 is 16.0 Å². The lowest BCUT2D eigenvalue weighted by Gasteiger charge is -2.03. The van der Waals surface area contributed by atoms with Crippen molar-refractivity contribution >= 4 is 5.69 Å². The minimum absolute atomic E-state index is 0.217. The van der Waals surface area contributed by atoms with Crippen LogP contribution in [-0.4, -0.2) is 17.0 Å². The number of hydrogen-bond donors (Lipinski definition) is 2. The van der Waals surface area contributed by atoms with E-state index in [4.69, 9.17) is 15.7 Å². The average molecular weight is 156 g/mol. The first-order chi connectivity index (χ1) is 5.15. The maximum atomic E-state index is 10.7. The predicted molar refractivity (Wildman–Crippen MR) is 38.9 cm³/mol. The van der Waals surface area contributed by atoms with Crippen LogP contribution in [0.3, 0.4) is 0 Å². The summed E-state index contributed by atoms with van der Waals surface area (Å²) in [5, 5.41) is 8.79. The van der Waals surface area contributed by atoms with Gasteiger partial charge >= 0.3 is 0 Å². The third-order valence-electron chi connectivity index (χ3n) is 1.25. The van der Waals surface area contributed by atoms with Crippen molar-refractivity contribution < 1.29 is 9.94 Å². The molecule has 0 atom stereocenters. The zero-order valence-corrected chi connectivity index (χ0v) is 5.94. The van der Waals surface area contributed by atoms with Crippen LogP contribution in [0.25, 0.3) is 0 Å². The Labute approximate surface area is 62.6 Å². The van der Waals surface area contributed by atoms with Crippen LogP contribution in [0.5, 0.6) is 5.75 Å². The third kappa shape index (κ3) is 1.26. The summed E-state index contributed by atoms with van der Waals surface area (Å²) in [7, 11) is 1.40. The van der Waals surface area contributed by atoms with E-state index in [1.54, 1.807) is 0 Å². The Morgan fingerprint density at radius 2 is 2.36 bits per heavy atom. The van der Waals surface area contributed by atoms with Gasteiger partial charge in [-0.2, -0.15) is 4.73 Å². The maximum absolute atomic E-state index is 10.7. The molecule has 0 aromatic carbocycles. The van der Waals surface area contributed by atoms with Gasteiger partial charge in [0.25, 0.3) is 5.56 Å². The standard InChI is InChI=1S/C6H8N2O3/c1-11-5-2-6(9)8(10)3-4(5)7/h2-3,10H,7H2,1H3. The Balaban J connectivity index is 3.32. The molecule has 0 radical (unpaired) electrons. The molecule has 0 saturated carbocycles. The molecule has 0 saturated heterocycles. The van der Waals surface area contributed by atoms with Gasteiger partial charge < -0.3 is 15.7 Å². The van der Waals surface area contributed by atoms with E-state index in [1.165, 1.54) is 7.11 Å². The molecular formula is C6H8N2O3. The molecule has 5 heteroatoms. The number of aromatic nitrogens is 1. The van der Waals surface area contributed by atoms with Gasteiger partial charge in [-0.15, -0.1) is 0 Å². The van der Waals surface area contributed by atoms with E-state index in [0.29, 0.717) is 4.73 Å². The van der Waals surface area contributed by atoms with Crippen LogP contribution in [0.4, 0.5) is 5.69 Å². The van der Waals surface area contributed by atoms with Crippen molar-refractivity contribution in [3.05, 3.63) is 22.6 Å². The SMILES string of the molecule is COc1cc(=O)n(O)cc1N. The summed E-state index contributed by atoms with van der Waals surface area (Å²) in [6.45, 7) is 0. The number of nitrogen functional groups attached to an aromatic ring is 1. The highest BCUT2D eigenvalue weighted by molar-refractivity contribution is 5.49. The number of anilines is 1. The molecule has 1 heterocycles. The molecule has 0 bridgehead atoms. The molecule has 0 fully saturated rings. The first-order valence-electron chi connectivity index (χ1n) is 2.90. The minimum Gasteiger partial charge on any atom is -0.494 e. The number of ether oxygens (including phenoxy) is 1. The fourth-order valence-electron chi connectivity index (χ4n) is 0.697. The van der Waals surface area contributed by atoms with Gasteiger partial charge in [-0.25, -0.2) is 0 Å². The Morgan fingerprint density at radius 1 is 1.73 bits per heavy atom. The molecule has 0 spiro atoms. The van der Waals surface area contributed by atoms with Gasteiger partial charge in [0.2, 0.25) is 0 Å². The van der Waals surface area contributed by atoms with Gasteiger partial charge in [-0.3, -0.25) is 4.79 Å². The number of rotatable bonds is 1. The molecule has 1 rings (SSSR count). The van der Waals surface area contributed by atoms with Gasteiger partial charge in [0.1, 0.15) is 5.75 Å². The van der Waals surface area contributed by atoms with Gasteiger partial charge in [-0.1, -0.05) is 0 Å². The molecule has 0 aliphatic heterocycles. The van der Waals surface area contributed by atoms with Crippen molar-refractivity contribution in [2.24, 2.45) is 0 Å². The second-order valence-electron chi connectivity index (χ2n) is 1.98. The second kappa shape index (κ2) is 2.53. The van der Waals surface area contributed by atoms with Crippen molar-refractivity contribution in [1.29, 1.82) is 0 Å². The summed E-state index contributed by atoms with van der Waals surface area (Å²) in [6.07, 6.45) is 1.08. The van der Waals surface area contributed by atoms with Crippen molar-refractivity contribution in [3.63, 3.8) is 0 Å². The highest BCUT2D eigenvalue weighted by Crippen LogP contribution is 2.15. The Bertz CT molecular complexity index is 318. The first-order valence-corrected chi connectivity index (χ1v) is 2.90. The van der Waals surface area contributed by atoms with Crippen molar-refractivity contribution in [3.8, 4) is 5.75 Å². The molecule has 0 unspecified atom stereocenters. The molecule has 11 heavy (non-hydrogen) atoms. The quantitative estimate of drug-likeness (QED) is 0.546. The van der Waals surface area contributed by atoms with Gasteiger partial charge in [0, 0.05) is 0 Å². The van der Waals surface area contributed by atoms with E-state index >= 15 is 0 Å². The zero-order valence-electron chi connectivity index (χ0n) is 5.94. The molecule has 1 aromatic heterocycles. The van der Waals surface area contributed by atoms with Crippen LogP contribution in [0.1, 0.15) is 0 Å². The molecule has 3 N–H and O–H groups in total. The lowest BCUT2D eigenvalue weighted by Crippen LogP contribution is -2.16. The molecule has 0 aliphatic rings. The van der Waals surface area contributed by atoms with E-state index < -0.39 is 5.56 Å². The Hall–Kier alpha value is -1.65.